The number of nitrogens with two attached hydrogens (primary N) is 1. The summed E-state index contributed by atoms with van der Waals surface area (Å²) in [5.74, 6) is -6.51. The van der Waals surface area contributed by atoms with E-state index >= 15 is 0 Å². The third kappa shape index (κ3) is 4.97. The van der Waals surface area contributed by atoms with Crippen molar-refractivity contribution in [1.82, 2.24) is 14.7 Å². The maximum absolute atomic E-state index is 14.1. The molecule has 0 radical (unpaired) electrons. The highest BCUT2D eigenvalue weighted by molar-refractivity contribution is 6.24. The summed E-state index contributed by atoms with van der Waals surface area (Å²) in [6.07, 6.45) is 2.76. The van der Waals surface area contributed by atoms with Gasteiger partial charge in [-0.15, -0.1) is 0 Å². The normalized spacial score (nSPS) is 27.2. The smallest absolute Gasteiger partial charge is 0.255 e. The summed E-state index contributed by atoms with van der Waals surface area (Å²) in [7, 11) is 7.01. The van der Waals surface area contributed by atoms with Crippen molar-refractivity contribution in [1.29, 1.82) is 0 Å². The van der Waals surface area contributed by atoms with Crippen molar-refractivity contribution in [3.05, 3.63) is 45.4 Å². The first-order chi connectivity index (χ1) is 20.7. The van der Waals surface area contributed by atoms with E-state index < -0.39 is 58.0 Å². The molecule has 1 saturated heterocycles. The van der Waals surface area contributed by atoms with Crippen LogP contribution < -0.4 is 10.6 Å². The number of aliphatic hydroxyl groups excluding tert-OH is 2. The van der Waals surface area contributed by atoms with Gasteiger partial charge < -0.3 is 36.0 Å². The van der Waals surface area contributed by atoms with Crippen molar-refractivity contribution in [2.45, 2.75) is 50.8 Å². The highest BCUT2D eigenvalue weighted by Gasteiger charge is 2.63. The van der Waals surface area contributed by atoms with E-state index in [0.29, 0.717) is 12.1 Å². The number of phenolic OH excluding ortho intramolecular Hbond substituents is 1. The van der Waals surface area contributed by atoms with Crippen LogP contribution in [-0.2, 0) is 22.6 Å². The summed E-state index contributed by atoms with van der Waals surface area (Å²) >= 11 is 0. The standard InChI is InChI=1S/C32H45N5O7/c1-6-36(11-12-37-9-7-8-10-37)16-18-15-21(38)23-19(25(18)34(2)3)13-17-14-20-26(35(4)5)28(40)24(31(33)43)30(42)32(20,44)29(41)22(17)27(23)39/h15,17,20,26,38,40-41,44H,6-14,16H2,1-5H3,(H2,33,43)/t17-,20-,26-,32-/m0/s1. The Morgan fingerprint density at radius 2 is 1.77 bits per heavy atom. The molecule has 5 rings (SSSR count). The summed E-state index contributed by atoms with van der Waals surface area (Å²) < 4.78 is 0. The van der Waals surface area contributed by atoms with Crippen LogP contribution in [0.3, 0.4) is 0 Å². The number of likely N-dealkylation sites (tertiary alicyclic amines) is 1. The van der Waals surface area contributed by atoms with Crippen molar-refractivity contribution in [2.24, 2.45) is 17.6 Å². The third-order valence-corrected chi connectivity index (χ3v) is 9.99. The Kier molecular flexibility index (Phi) is 8.58. The number of benzene rings is 1. The number of hydrogen-bond acceptors (Lipinski definition) is 11. The number of allylic oxidation sites excluding steroid dienone is 1. The number of fused-ring (bicyclic) bond motifs is 3. The Hall–Kier alpha value is -3.45. The predicted octanol–water partition coefficient (Wildman–Crippen LogP) is 1.10. The van der Waals surface area contributed by atoms with Gasteiger partial charge in [-0.1, -0.05) is 6.92 Å². The fraction of sp³-hybridized carbons (Fsp3) is 0.594. The second-order valence-corrected chi connectivity index (χ2v) is 13.0. The minimum atomic E-state index is -2.65. The summed E-state index contributed by atoms with van der Waals surface area (Å²) in [5.41, 5.74) is 4.15. The average molecular weight is 612 g/mol. The fourth-order valence-corrected chi connectivity index (χ4v) is 7.93. The molecule has 6 N–H and O–H groups in total. The average Bonchev–Trinajstić information content (AvgIpc) is 3.46. The van der Waals surface area contributed by atoms with Gasteiger partial charge in [0, 0.05) is 50.9 Å². The van der Waals surface area contributed by atoms with Gasteiger partial charge in [0.2, 0.25) is 5.78 Å². The number of carbonyl (C=O) groups excluding carboxylic acids is 3. The predicted molar refractivity (Wildman–Crippen MR) is 165 cm³/mol. The van der Waals surface area contributed by atoms with Crippen molar-refractivity contribution < 1.29 is 34.8 Å². The van der Waals surface area contributed by atoms with Gasteiger partial charge in [-0.05, 0) is 82.5 Å². The molecule has 1 heterocycles. The number of primary amides is 1. The number of anilines is 1. The van der Waals surface area contributed by atoms with Gasteiger partial charge in [0.05, 0.1) is 11.6 Å². The Labute approximate surface area is 258 Å². The molecular weight excluding hydrogens is 566 g/mol. The minimum Gasteiger partial charge on any atom is -0.510 e. The lowest BCUT2D eigenvalue weighted by molar-refractivity contribution is -0.148. The molecule has 1 aliphatic heterocycles. The second-order valence-electron chi connectivity index (χ2n) is 13.0. The van der Waals surface area contributed by atoms with Crippen molar-refractivity contribution in [3.8, 4) is 5.75 Å². The molecule has 1 fully saturated rings. The Balaban J connectivity index is 1.58. The number of aliphatic hydroxyl groups is 3. The van der Waals surface area contributed by atoms with Gasteiger partial charge in [0.15, 0.2) is 11.4 Å². The number of amides is 1. The van der Waals surface area contributed by atoms with Crippen LogP contribution in [0.2, 0.25) is 0 Å². The topological polar surface area (TPSA) is 171 Å². The quantitative estimate of drug-likeness (QED) is 0.253. The summed E-state index contributed by atoms with van der Waals surface area (Å²) in [5, 5.41) is 45.6. The van der Waals surface area contributed by atoms with Crippen LogP contribution in [-0.4, -0.2) is 125 Å². The zero-order valence-corrected chi connectivity index (χ0v) is 26.3. The molecule has 1 aromatic carbocycles. The van der Waals surface area contributed by atoms with Crippen LogP contribution in [0.15, 0.2) is 28.7 Å². The number of Topliss-reactive ketones (excluding diaryl/α,β-unsaturated/α-hetero) is 2. The Morgan fingerprint density at radius 3 is 2.34 bits per heavy atom. The van der Waals surface area contributed by atoms with E-state index in [-0.39, 0.29) is 29.7 Å². The molecule has 0 aromatic heterocycles. The molecule has 4 atom stereocenters. The Bertz CT molecular complexity index is 1440. The fourth-order valence-electron chi connectivity index (χ4n) is 7.93. The SMILES string of the molecule is CCN(CCN1CCCC1)Cc1cc(O)c2c(c1N(C)C)C[C@H]1C[C@H]3[C@H](N(C)C)C(O)=C(C(N)=O)C(=O)[C@@]3(O)C(O)=C1C2=O. The summed E-state index contributed by atoms with van der Waals surface area (Å²) in [4.78, 5) is 48.1. The molecule has 240 valence electrons. The van der Waals surface area contributed by atoms with Crippen molar-refractivity contribution in [3.63, 3.8) is 0 Å². The molecule has 0 unspecified atom stereocenters. The minimum absolute atomic E-state index is 0.0262. The number of aromatic hydroxyl groups is 1. The van der Waals surface area contributed by atoms with E-state index in [1.165, 1.54) is 12.8 Å². The van der Waals surface area contributed by atoms with Gasteiger partial charge in [0.1, 0.15) is 22.8 Å². The monoisotopic (exact) mass is 611 g/mol. The maximum Gasteiger partial charge on any atom is 0.255 e. The first-order valence-corrected chi connectivity index (χ1v) is 15.4. The van der Waals surface area contributed by atoms with E-state index in [9.17, 15) is 34.8 Å². The van der Waals surface area contributed by atoms with Crippen LogP contribution in [0.4, 0.5) is 5.69 Å². The van der Waals surface area contributed by atoms with E-state index in [1.54, 1.807) is 25.1 Å². The van der Waals surface area contributed by atoms with Crippen LogP contribution in [0.1, 0.15) is 47.7 Å². The van der Waals surface area contributed by atoms with E-state index in [0.717, 1.165) is 44.0 Å². The molecule has 0 spiro atoms. The lowest BCUT2D eigenvalue weighted by atomic mass is 9.58. The first kappa shape index (κ1) is 32.0. The second kappa shape index (κ2) is 11.8. The van der Waals surface area contributed by atoms with Crippen LogP contribution in [0.25, 0.3) is 0 Å². The third-order valence-electron chi connectivity index (χ3n) is 9.99. The van der Waals surface area contributed by atoms with Crippen LogP contribution in [0, 0.1) is 11.8 Å². The number of carbonyl (C=O) groups is 3. The summed E-state index contributed by atoms with van der Waals surface area (Å²) in [6.45, 7) is 7.54. The molecule has 3 aliphatic carbocycles. The zero-order chi connectivity index (χ0) is 32.2. The highest BCUT2D eigenvalue weighted by atomic mass is 16.3. The zero-order valence-electron chi connectivity index (χ0n) is 26.3. The molecule has 1 aromatic rings. The summed E-state index contributed by atoms with van der Waals surface area (Å²) in [6, 6.07) is 0.574. The molecule has 12 heteroatoms. The van der Waals surface area contributed by atoms with E-state index in [2.05, 4.69) is 16.7 Å². The lowest BCUT2D eigenvalue weighted by Gasteiger charge is -2.50. The molecule has 12 nitrogen and oxygen atoms in total. The van der Waals surface area contributed by atoms with Crippen LogP contribution in [0.5, 0.6) is 5.75 Å². The number of rotatable bonds is 9. The molecule has 44 heavy (non-hydrogen) atoms. The number of hydrogen-bond donors (Lipinski definition) is 5. The van der Waals surface area contributed by atoms with Gasteiger partial charge in [-0.25, -0.2) is 0 Å². The van der Waals surface area contributed by atoms with Gasteiger partial charge in [-0.3, -0.25) is 24.2 Å². The Morgan fingerprint density at radius 1 is 1.11 bits per heavy atom. The molecule has 4 aliphatic rings. The van der Waals surface area contributed by atoms with Gasteiger partial charge in [0.25, 0.3) is 5.91 Å². The largest absolute Gasteiger partial charge is 0.510 e. The number of phenols is 1. The van der Waals surface area contributed by atoms with E-state index in [4.69, 9.17) is 5.73 Å². The first-order valence-electron chi connectivity index (χ1n) is 15.4. The number of ketones is 2. The van der Waals surface area contributed by atoms with Crippen molar-refractivity contribution in [2.75, 3.05) is 65.8 Å². The van der Waals surface area contributed by atoms with E-state index in [1.807, 2.05) is 19.0 Å². The van der Waals surface area contributed by atoms with Gasteiger partial charge >= 0.3 is 0 Å². The number of likely N-dealkylation sites (N-methyl/N-ethyl adjacent to an activating group) is 2. The van der Waals surface area contributed by atoms with Gasteiger partial charge in [-0.2, -0.15) is 0 Å². The molecular formula is C32H45N5O7. The molecule has 0 saturated carbocycles. The molecule has 0 bridgehead atoms. The number of nitrogens with zero attached hydrogens (tertiary/aromatic N) is 4. The maximum atomic E-state index is 14.1. The van der Waals surface area contributed by atoms with Crippen molar-refractivity contribution >= 4 is 23.2 Å². The lowest BCUT2D eigenvalue weighted by Crippen LogP contribution is -2.63. The highest BCUT2D eigenvalue weighted by Crippen LogP contribution is 2.53. The van der Waals surface area contributed by atoms with Crippen LogP contribution >= 0.6 is 0 Å². The molecule has 1 amide bonds.